The number of aryl methyl sites for hydroxylation is 2. The molecule has 3 rings (SSSR count). The number of nitrogens with one attached hydrogen (secondary N) is 1. The predicted octanol–water partition coefficient (Wildman–Crippen LogP) is 3.61. The van der Waals surface area contributed by atoms with Gasteiger partial charge in [0.2, 0.25) is 10.0 Å². The molecule has 0 aliphatic heterocycles. The molecule has 7 nitrogen and oxygen atoms in total. The fraction of sp³-hybridized carbons (Fsp3) is 0.250. The van der Waals surface area contributed by atoms with E-state index in [-0.39, 0.29) is 22.8 Å². The Balaban J connectivity index is 1.82. The lowest BCUT2D eigenvalue weighted by molar-refractivity contribution is 0.281. The molecule has 1 atom stereocenters. The number of sulfonamides is 1. The summed E-state index contributed by atoms with van der Waals surface area (Å²) in [6.07, 6.45) is 0.221. The minimum absolute atomic E-state index is 0.0117. The summed E-state index contributed by atoms with van der Waals surface area (Å²) in [5, 5.41) is 0. The van der Waals surface area contributed by atoms with E-state index in [1.807, 2.05) is 13.8 Å². The smallest absolute Gasteiger partial charge is 0.297 e. The van der Waals surface area contributed by atoms with Crippen molar-refractivity contribution in [3.8, 4) is 5.75 Å². The van der Waals surface area contributed by atoms with Gasteiger partial charge in [0.25, 0.3) is 10.1 Å². The largest absolute Gasteiger partial charge is 0.497 e. The van der Waals surface area contributed by atoms with Crippen LogP contribution in [0.4, 0.5) is 0 Å². The fourth-order valence-corrected chi connectivity index (χ4v) is 5.30. The average Bonchev–Trinajstić information content (AvgIpc) is 2.78. The zero-order chi connectivity index (χ0) is 24.1. The van der Waals surface area contributed by atoms with Gasteiger partial charge in [-0.3, -0.25) is 4.18 Å². The second-order valence-corrected chi connectivity index (χ2v) is 11.1. The van der Waals surface area contributed by atoms with Crippen molar-refractivity contribution >= 4 is 20.1 Å². The monoisotopic (exact) mass is 489 g/mol. The van der Waals surface area contributed by atoms with Gasteiger partial charge < -0.3 is 4.74 Å². The van der Waals surface area contributed by atoms with Crippen LogP contribution in [0.5, 0.6) is 5.75 Å². The quantitative estimate of drug-likeness (QED) is 0.437. The number of ether oxygens (including phenoxy) is 1. The van der Waals surface area contributed by atoms with Gasteiger partial charge >= 0.3 is 0 Å². The fourth-order valence-electron chi connectivity index (χ4n) is 3.13. The highest BCUT2D eigenvalue weighted by Gasteiger charge is 2.24. The van der Waals surface area contributed by atoms with Crippen molar-refractivity contribution in [2.45, 2.75) is 36.1 Å². The number of hydrogen-bond donors (Lipinski definition) is 1. The normalized spacial score (nSPS) is 12.9. The molecule has 0 saturated carbocycles. The molecule has 0 spiro atoms. The maximum Gasteiger partial charge on any atom is 0.297 e. The molecule has 0 aliphatic carbocycles. The first-order chi connectivity index (χ1) is 15.6. The first kappa shape index (κ1) is 24.9. The summed E-state index contributed by atoms with van der Waals surface area (Å²) >= 11 is 0. The molecule has 3 aromatic rings. The average molecular weight is 490 g/mol. The van der Waals surface area contributed by atoms with Gasteiger partial charge in [0.1, 0.15) is 5.75 Å². The second kappa shape index (κ2) is 10.5. The Morgan fingerprint density at radius 3 is 1.79 bits per heavy atom. The SMILES string of the molecule is COc1ccc(CC(COS(=O)(=O)c2ccc(C)cc2)NS(=O)(=O)c2ccc(C)cc2)cc1. The van der Waals surface area contributed by atoms with E-state index < -0.39 is 26.2 Å². The summed E-state index contributed by atoms with van der Waals surface area (Å²) in [6, 6.07) is 18.9. The molecule has 0 radical (unpaired) electrons. The van der Waals surface area contributed by atoms with E-state index >= 15 is 0 Å². The van der Waals surface area contributed by atoms with Crippen molar-refractivity contribution in [1.29, 1.82) is 0 Å². The van der Waals surface area contributed by atoms with Gasteiger partial charge in [0, 0.05) is 0 Å². The molecule has 0 heterocycles. The predicted molar refractivity (Wildman–Crippen MR) is 126 cm³/mol. The molecule has 0 aliphatic rings. The molecule has 1 N–H and O–H groups in total. The number of methoxy groups -OCH3 is 1. The highest BCUT2D eigenvalue weighted by atomic mass is 32.2. The van der Waals surface area contributed by atoms with Gasteiger partial charge in [-0.25, -0.2) is 13.1 Å². The summed E-state index contributed by atoms with van der Waals surface area (Å²) in [5.74, 6) is 0.661. The van der Waals surface area contributed by atoms with Crippen molar-refractivity contribution in [2.75, 3.05) is 13.7 Å². The van der Waals surface area contributed by atoms with E-state index in [0.29, 0.717) is 5.75 Å². The van der Waals surface area contributed by atoms with E-state index in [4.69, 9.17) is 8.92 Å². The zero-order valence-corrected chi connectivity index (χ0v) is 20.3. The lowest BCUT2D eigenvalue weighted by Crippen LogP contribution is -2.40. The minimum atomic E-state index is -4.06. The van der Waals surface area contributed by atoms with Crippen LogP contribution in [0.1, 0.15) is 16.7 Å². The number of benzene rings is 3. The van der Waals surface area contributed by atoms with E-state index in [1.165, 1.54) is 24.3 Å². The van der Waals surface area contributed by atoms with Crippen molar-refractivity contribution in [1.82, 2.24) is 4.72 Å². The first-order valence-electron chi connectivity index (χ1n) is 10.3. The van der Waals surface area contributed by atoms with E-state index in [1.54, 1.807) is 55.6 Å². The molecular formula is C24H27NO6S2. The van der Waals surface area contributed by atoms with Crippen LogP contribution >= 0.6 is 0 Å². The molecule has 176 valence electrons. The van der Waals surface area contributed by atoms with Crippen LogP contribution in [-0.4, -0.2) is 36.6 Å². The van der Waals surface area contributed by atoms with Crippen LogP contribution in [-0.2, 0) is 30.7 Å². The number of rotatable bonds is 10. The van der Waals surface area contributed by atoms with Crippen LogP contribution in [0, 0.1) is 13.8 Å². The van der Waals surface area contributed by atoms with Crippen LogP contribution in [0.3, 0.4) is 0 Å². The van der Waals surface area contributed by atoms with E-state index in [9.17, 15) is 16.8 Å². The Morgan fingerprint density at radius 2 is 1.27 bits per heavy atom. The molecule has 3 aromatic carbocycles. The molecule has 0 bridgehead atoms. The molecule has 0 aromatic heterocycles. The third-order valence-corrected chi connectivity index (χ3v) is 7.86. The van der Waals surface area contributed by atoms with Crippen molar-refractivity contribution in [2.24, 2.45) is 0 Å². The lowest BCUT2D eigenvalue weighted by atomic mass is 10.1. The molecule has 0 saturated heterocycles. The van der Waals surface area contributed by atoms with Crippen LogP contribution in [0.25, 0.3) is 0 Å². The molecule has 33 heavy (non-hydrogen) atoms. The summed E-state index contributed by atoms with van der Waals surface area (Å²) < 4.78 is 64.2. The third kappa shape index (κ3) is 6.88. The van der Waals surface area contributed by atoms with Gasteiger partial charge in [0.15, 0.2) is 0 Å². The van der Waals surface area contributed by atoms with Gasteiger partial charge in [-0.1, -0.05) is 47.5 Å². The van der Waals surface area contributed by atoms with Crippen molar-refractivity contribution in [3.63, 3.8) is 0 Å². The summed E-state index contributed by atoms with van der Waals surface area (Å²) in [6.45, 7) is 3.34. The van der Waals surface area contributed by atoms with Crippen molar-refractivity contribution < 1.29 is 25.8 Å². The Bertz CT molecular complexity index is 1270. The highest BCUT2D eigenvalue weighted by molar-refractivity contribution is 7.89. The summed E-state index contributed by atoms with van der Waals surface area (Å²) in [4.78, 5) is 0.104. The van der Waals surface area contributed by atoms with Crippen LogP contribution < -0.4 is 9.46 Å². The van der Waals surface area contributed by atoms with E-state index in [2.05, 4.69) is 4.72 Å². The summed E-state index contributed by atoms with van der Waals surface area (Å²) in [5.41, 5.74) is 2.64. The summed E-state index contributed by atoms with van der Waals surface area (Å²) in [7, 11) is -6.40. The molecule has 0 fully saturated rings. The second-order valence-electron chi connectivity index (χ2n) is 7.74. The Morgan fingerprint density at radius 1 is 0.758 bits per heavy atom. The topological polar surface area (TPSA) is 98.8 Å². The van der Waals surface area contributed by atoms with Crippen LogP contribution in [0.2, 0.25) is 0 Å². The van der Waals surface area contributed by atoms with Gasteiger partial charge in [-0.15, -0.1) is 0 Å². The Kier molecular flexibility index (Phi) is 7.91. The number of hydrogen-bond acceptors (Lipinski definition) is 6. The lowest BCUT2D eigenvalue weighted by Gasteiger charge is -2.19. The van der Waals surface area contributed by atoms with Gasteiger partial charge in [-0.05, 0) is 62.2 Å². The van der Waals surface area contributed by atoms with Crippen molar-refractivity contribution in [3.05, 3.63) is 89.5 Å². The minimum Gasteiger partial charge on any atom is -0.497 e. The Labute approximate surface area is 195 Å². The maximum atomic E-state index is 12.9. The molecule has 9 heteroatoms. The Hall–Kier alpha value is -2.72. The third-order valence-electron chi connectivity index (χ3n) is 5.03. The van der Waals surface area contributed by atoms with Crippen LogP contribution in [0.15, 0.2) is 82.6 Å². The molecular weight excluding hydrogens is 462 g/mol. The van der Waals surface area contributed by atoms with Gasteiger partial charge in [0.05, 0.1) is 29.5 Å². The molecule has 0 amide bonds. The van der Waals surface area contributed by atoms with Gasteiger partial charge in [-0.2, -0.15) is 8.42 Å². The van der Waals surface area contributed by atoms with E-state index in [0.717, 1.165) is 16.7 Å². The standard InChI is InChI=1S/C24H27NO6S2/c1-18-4-12-23(13-5-18)32(26,27)25-21(16-20-8-10-22(30-3)11-9-20)17-31-33(28,29)24-14-6-19(2)7-15-24/h4-15,21,25H,16-17H2,1-3H3. The zero-order valence-electron chi connectivity index (χ0n) is 18.7. The maximum absolute atomic E-state index is 12.9. The molecule has 1 unspecified atom stereocenters. The highest BCUT2D eigenvalue weighted by Crippen LogP contribution is 2.18. The first-order valence-corrected chi connectivity index (χ1v) is 13.2.